The van der Waals surface area contributed by atoms with Crippen molar-refractivity contribution in [2.24, 2.45) is 5.92 Å². The van der Waals surface area contributed by atoms with Crippen LogP contribution in [-0.2, 0) is 0 Å². The molecule has 1 heterocycles. The number of tetrazole rings is 1. The number of aromatic nitrogens is 4. The van der Waals surface area contributed by atoms with Crippen molar-refractivity contribution in [2.75, 3.05) is 0 Å². The molecule has 0 spiro atoms. The van der Waals surface area contributed by atoms with Crippen LogP contribution in [0.2, 0.25) is 5.02 Å². The smallest absolute Gasteiger partial charge is 0.178 e. The molecule has 0 unspecified atom stereocenters. The van der Waals surface area contributed by atoms with Crippen LogP contribution in [0.25, 0.3) is 0 Å². The number of Topliss-reactive ketones (excluding diaryl/α,β-unsaturated/α-hetero) is 1. The largest absolute Gasteiger partial charge is 0.294 e. The number of nitrogens with zero attached hydrogens (tertiary/aromatic N) is 3. The molecule has 0 radical (unpaired) electrons. The Balaban J connectivity index is 1.77. The van der Waals surface area contributed by atoms with Gasteiger partial charge in [-0.2, -0.15) is 5.21 Å². The van der Waals surface area contributed by atoms with Gasteiger partial charge >= 0.3 is 0 Å². The Kier molecular flexibility index (Phi) is 2.40. The Labute approximate surface area is 102 Å². The van der Waals surface area contributed by atoms with Crippen LogP contribution in [0.3, 0.4) is 0 Å². The number of halogens is 1. The number of carbonyl (C=O) groups excluding carboxylic acids is 1. The summed E-state index contributed by atoms with van der Waals surface area (Å²) in [5.41, 5.74) is 0.647. The van der Waals surface area contributed by atoms with Crippen LogP contribution in [0.4, 0.5) is 0 Å². The number of ketones is 1. The number of aromatic amines is 1. The van der Waals surface area contributed by atoms with Gasteiger partial charge in [-0.05, 0) is 18.6 Å². The quantitative estimate of drug-likeness (QED) is 0.842. The standard InChI is InChI=1S/C11H9ClN4O/c12-7-3-1-2-6(4-7)10(17)8-5-9(8)11-13-15-16-14-11/h1-4,8-9H,5H2,(H,13,14,15,16)/t8-,9-/m0/s1. The summed E-state index contributed by atoms with van der Waals surface area (Å²) in [6.07, 6.45) is 0.783. The van der Waals surface area contributed by atoms with E-state index in [1.54, 1.807) is 24.3 Å². The van der Waals surface area contributed by atoms with Gasteiger partial charge in [0.25, 0.3) is 0 Å². The van der Waals surface area contributed by atoms with Gasteiger partial charge in [-0.25, -0.2) is 0 Å². The Morgan fingerprint density at radius 2 is 2.35 bits per heavy atom. The molecule has 1 aromatic heterocycles. The van der Waals surface area contributed by atoms with E-state index < -0.39 is 0 Å². The van der Waals surface area contributed by atoms with E-state index in [1.165, 1.54) is 0 Å². The van der Waals surface area contributed by atoms with E-state index in [-0.39, 0.29) is 17.6 Å². The molecule has 0 aliphatic heterocycles. The van der Waals surface area contributed by atoms with Gasteiger partial charge in [-0.1, -0.05) is 28.9 Å². The van der Waals surface area contributed by atoms with Crippen LogP contribution in [-0.4, -0.2) is 26.4 Å². The highest BCUT2D eigenvalue weighted by molar-refractivity contribution is 6.31. The molecule has 1 fully saturated rings. The fourth-order valence-corrected chi connectivity index (χ4v) is 2.14. The molecule has 6 heteroatoms. The normalized spacial score (nSPS) is 22.4. The molecule has 0 bridgehead atoms. The molecule has 5 nitrogen and oxygen atoms in total. The second-order valence-electron chi connectivity index (χ2n) is 4.09. The van der Waals surface area contributed by atoms with Crippen LogP contribution in [0, 0.1) is 5.92 Å². The van der Waals surface area contributed by atoms with Gasteiger partial charge in [-0.3, -0.25) is 4.79 Å². The molecule has 1 aliphatic carbocycles. The predicted molar refractivity (Wildman–Crippen MR) is 60.8 cm³/mol. The van der Waals surface area contributed by atoms with Crippen molar-refractivity contribution in [2.45, 2.75) is 12.3 Å². The number of nitrogens with one attached hydrogen (secondary N) is 1. The fraction of sp³-hybridized carbons (Fsp3) is 0.273. The van der Waals surface area contributed by atoms with Gasteiger partial charge in [0, 0.05) is 22.4 Å². The molecular weight excluding hydrogens is 240 g/mol. The third kappa shape index (κ3) is 1.93. The number of carbonyl (C=O) groups is 1. The highest BCUT2D eigenvalue weighted by Gasteiger charge is 2.46. The summed E-state index contributed by atoms with van der Waals surface area (Å²) in [5, 5.41) is 14.3. The minimum atomic E-state index is -0.0360. The number of H-pyrrole nitrogens is 1. The zero-order valence-corrected chi connectivity index (χ0v) is 9.55. The predicted octanol–water partition coefficient (Wildman–Crippen LogP) is 1.84. The van der Waals surface area contributed by atoms with Crippen molar-refractivity contribution >= 4 is 17.4 Å². The molecule has 1 N–H and O–H groups in total. The third-order valence-corrected chi connectivity index (χ3v) is 3.16. The average Bonchev–Trinajstić information content (AvgIpc) is 2.94. The lowest BCUT2D eigenvalue weighted by Crippen LogP contribution is -2.03. The highest BCUT2D eigenvalue weighted by atomic mass is 35.5. The van der Waals surface area contributed by atoms with Crippen LogP contribution in [0.5, 0.6) is 0 Å². The Morgan fingerprint density at radius 1 is 1.47 bits per heavy atom. The van der Waals surface area contributed by atoms with E-state index in [0.717, 1.165) is 6.42 Å². The van der Waals surface area contributed by atoms with Crippen molar-refractivity contribution < 1.29 is 4.79 Å². The molecule has 17 heavy (non-hydrogen) atoms. The molecule has 1 aliphatic rings. The van der Waals surface area contributed by atoms with Crippen molar-refractivity contribution in [3.8, 4) is 0 Å². The summed E-state index contributed by atoms with van der Waals surface area (Å²) in [5.74, 6) is 0.777. The summed E-state index contributed by atoms with van der Waals surface area (Å²) in [6.45, 7) is 0. The Hall–Kier alpha value is -1.75. The first-order valence-electron chi connectivity index (χ1n) is 5.29. The van der Waals surface area contributed by atoms with Gasteiger partial charge in [0.2, 0.25) is 0 Å². The highest BCUT2D eigenvalue weighted by Crippen LogP contribution is 2.47. The molecule has 86 valence electrons. The minimum absolute atomic E-state index is 0.0360. The number of hydrogen-bond acceptors (Lipinski definition) is 4. The fourth-order valence-electron chi connectivity index (χ4n) is 1.95. The Bertz CT molecular complexity index is 554. The zero-order valence-electron chi connectivity index (χ0n) is 8.80. The Morgan fingerprint density at radius 3 is 3.06 bits per heavy atom. The lowest BCUT2D eigenvalue weighted by Gasteiger charge is -1.99. The molecule has 0 saturated heterocycles. The topological polar surface area (TPSA) is 71.5 Å². The monoisotopic (exact) mass is 248 g/mol. The maximum atomic E-state index is 12.1. The lowest BCUT2D eigenvalue weighted by molar-refractivity contribution is 0.0965. The average molecular weight is 249 g/mol. The number of benzene rings is 1. The van der Waals surface area contributed by atoms with E-state index in [2.05, 4.69) is 20.6 Å². The summed E-state index contributed by atoms with van der Waals surface area (Å²) < 4.78 is 0. The number of hydrogen-bond donors (Lipinski definition) is 1. The molecule has 2 atom stereocenters. The zero-order chi connectivity index (χ0) is 11.8. The van der Waals surface area contributed by atoms with Gasteiger partial charge in [0.15, 0.2) is 11.6 Å². The molecule has 3 rings (SSSR count). The van der Waals surface area contributed by atoms with Crippen LogP contribution in [0.15, 0.2) is 24.3 Å². The molecule has 1 saturated carbocycles. The first-order chi connectivity index (χ1) is 8.25. The number of rotatable bonds is 3. The van der Waals surface area contributed by atoms with Gasteiger partial charge in [0.1, 0.15) is 0 Å². The van der Waals surface area contributed by atoms with E-state index >= 15 is 0 Å². The van der Waals surface area contributed by atoms with Gasteiger partial charge in [0.05, 0.1) is 0 Å². The van der Waals surface area contributed by atoms with Crippen molar-refractivity contribution in [3.05, 3.63) is 40.7 Å². The van der Waals surface area contributed by atoms with Crippen LogP contribution < -0.4 is 0 Å². The lowest BCUT2D eigenvalue weighted by atomic mass is 10.1. The first kappa shape index (κ1) is 10.4. The van der Waals surface area contributed by atoms with Crippen LogP contribution in [0.1, 0.15) is 28.5 Å². The molecular formula is C11H9ClN4O. The van der Waals surface area contributed by atoms with E-state index in [1.807, 2.05) is 0 Å². The summed E-state index contributed by atoms with van der Waals surface area (Å²) in [6, 6.07) is 7.00. The van der Waals surface area contributed by atoms with Gasteiger partial charge in [-0.15, -0.1) is 10.2 Å². The van der Waals surface area contributed by atoms with Crippen LogP contribution >= 0.6 is 11.6 Å². The van der Waals surface area contributed by atoms with Gasteiger partial charge < -0.3 is 0 Å². The first-order valence-corrected chi connectivity index (χ1v) is 5.66. The maximum Gasteiger partial charge on any atom is 0.178 e. The van der Waals surface area contributed by atoms with Crippen molar-refractivity contribution in [1.29, 1.82) is 0 Å². The second kappa shape index (κ2) is 3.92. The summed E-state index contributed by atoms with van der Waals surface area (Å²) in [4.78, 5) is 12.1. The van der Waals surface area contributed by atoms with Crippen molar-refractivity contribution in [1.82, 2.24) is 20.6 Å². The SMILES string of the molecule is O=C(c1cccc(Cl)c1)[C@H]1C[C@@H]1c1nn[nH]n1. The molecule has 2 aromatic rings. The summed E-state index contributed by atoms with van der Waals surface area (Å²) >= 11 is 5.86. The summed E-state index contributed by atoms with van der Waals surface area (Å²) in [7, 11) is 0. The maximum absolute atomic E-state index is 12.1. The second-order valence-corrected chi connectivity index (χ2v) is 4.53. The third-order valence-electron chi connectivity index (χ3n) is 2.93. The van der Waals surface area contributed by atoms with E-state index in [0.29, 0.717) is 16.4 Å². The molecule has 0 amide bonds. The van der Waals surface area contributed by atoms with E-state index in [4.69, 9.17) is 11.6 Å². The molecule has 1 aromatic carbocycles. The van der Waals surface area contributed by atoms with E-state index in [9.17, 15) is 4.79 Å². The minimum Gasteiger partial charge on any atom is -0.294 e. The van der Waals surface area contributed by atoms with Crippen molar-refractivity contribution in [3.63, 3.8) is 0 Å².